The molecule has 0 aromatic carbocycles. The summed E-state index contributed by atoms with van der Waals surface area (Å²) in [5.41, 5.74) is 1.03. The highest BCUT2D eigenvalue weighted by atomic mass is 16.3. The molecule has 2 rings (SSSR count). The van der Waals surface area contributed by atoms with Gasteiger partial charge in [0.15, 0.2) is 7.28 Å². The lowest BCUT2D eigenvalue weighted by Crippen LogP contribution is -1.87. The third-order valence-corrected chi connectivity index (χ3v) is 1.34. The van der Waals surface area contributed by atoms with Gasteiger partial charge in [-0.1, -0.05) is 12.2 Å². The van der Waals surface area contributed by atoms with Gasteiger partial charge in [0.05, 0.1) is 6.20 Å². The van der Waals surface area contributed by atoms with Gasteiger partial charge in [0.25, 0.3) is 0 Å². The predicted molar refractivity (Wildman–Crippen MR) is 39.4 cm³/mol. The Bertz CT molecular complexity index is 274. The van der Waals surface area contributed by atoms with Crippen LogP contribution in [-0.2, 0) is 0 Å². The third-order valence-electron chi connectivity index (χ3n) is 1.34. The van der Waals surface area contributed by atoms with Gasteiger partial charge in [0, 0.05) is 0 Å². The zero-order chi connectivity index (χ0) is 6.81. The molecule has 0 amide bonds. The van der Waals surface area contributed by atoms with Gasteiger partial charge in [-0.15, -0.1) is 5.98 Å². The first-order chi connectivity index (χ1) is 4.97. The Balaban J connectivity index is 2.30. The van der Waals surface area contributed by atoms with E-state index in [1.165, 1.54) is 0 Å². The fourth-order valence-corrected chi connectivity index (χ4v) is 0.883. The molecular weight excluding hydrogens is 125 g/mol. The normalized spacial score (nSPS) is 15.0. The molecule has 2 heterocycles. The average molecular weight is 130 g/mol. The highest BCUT2D eigenvalue weighted by molar-refractivity contribution is 6.66. The summed E-state index contributed by atoms with van der Waals surface area (Å²) in [5.74, 6) is 2.64. The van der Waals surface area contributed by atoms with E-state index in [0.29, 0.717) is 5.89 Å². The molecule has 0 bridgehead atoms. The summed E-state index contributed by atoms with van der Waals surface area (Å²) in [5, 5.41) is 0. The molecule has 0 fully saturated rings. The van der Waals surface area contributed by atoms with Gasteiger partial charge in [0.2, 0.25) is 5.89 Å². The molecule has 1 aliphatic rings. The zero-order valence-electron chi connectivity index (χ0n) is 5.32. The maximum atomic E-state index is 5.07. The molecule has 1 radical (unpaired) electrons. The van der Waals surface area contributed by atoms with Crippen LogP contribution in [-0.4, -0.2) is 12.3 Å². The molecule has 1 aromatic rings. The molecule has 0 atom stereocenters. The lowest BCUT2D eigenvalue weighted by molar-refractivity contribution is 0.545. The second-order valence-corrected chi connectivity index (χ2v) is 2.01. The maximum absolute atomic E-state index is 5.07. The predicted octanol–water partition coefficient (Wildman–Crippen LogP) is 1.25. The van der Waals surface area contributed by atoms with Gasteiger partial charge in [-0.3, -0.25) is 0 Å². The lowest BCUT2D eigenvalue weighted by atomic mass is 9.73. The number of hydrogen-bond donors (Lipinski definition) is 0. The van der Waals surface area contributed by atoms with Gasteiger partial charge in [-0.25, -0.2) is 4.98 Å². The van der Waals surface area contributed by atoms with Crippen LogP contribution >= 0.6 is 0 Å². The zero-order valence-corrected chi connectivity index (χ0v) is 5.32. The molecule has 3 heteroatoms. The maximum Gasteiger partial charge on any atom is 0.212 e. The van der Waals surface area contributed by atoms with Gasteiger partial charge in [-0.05, 0) is 5.47 Å². The third kappa shape index (κ3) is 0.797. The number of oxazole rings is 1. The minimum Gasteiger partial charge on any atom is -0.446 e. The molecule has 2 nitrogen and oxygen atoms in total. The van der Waals surface area contributed by atoms with E-state index in [9.17, 15) is 0 Å². The molecule has 0 saturated carbocycles. The summed E-state index contributed by atoms with van der Waals surface area (Å²) >= 11 is 0. The van der Waals surface area contributed by atoms with Crippen molar-refractivity contribution in [3.8, 4) is 0 Å². The number of allylic oxidation sites excluding steroid dienone is 2. The largest absolute Gasteiger partial charge is 0.446 e. The van der Waals surface area contributed by atoms with Crippen LogP contribution < -0.4 is 0 Å². The van der Waals surface area contributed by atoms with Crippen LogP contribution in [0.5, 0.6) is 0 Å². The topological polar surface area (TPSA) is 26.0 Å². The Morgan fingerprint density at radius 1 is 1.50 bits per heavy atom. The van der Waals surface area contributed by atoms with E-state index in [-0.39, 0.29) is 0 Å². The molecule has 47 valence electrons. The van der Waals surface area contributed by atoms with Gasteiger partial charge < -0.3 is 4.42 Å². The fraction of sp³-hybridized carbons (Fsp3) is 0. The summed E-state index contributed by atoms with van der Waals surface area (Å²) in [6, 6.07) is 0. The van der Waals surface area contributed by atoms with E-state index < -0.39 is 0 Å². The second kappa shape index (κ2) is 2.18. The smallest absolute Gasteiger partial charge is 0.212 e. The van der Waals surface area contributed by atoms with Crippen molar-refractivity contribution in [3.63, 3.8) is 0 Å². The fourth-order valence-electron chi connectivity index (χ4n) is 0.883. The molecule has 1 aromatic heterocycles. The van der Waals surface area contributed by atoms with Crippen molar-refractivity contribution in [2.75, 3.05) is 0 Å². The quantitative estimate of drug-likeness (QED) is 0.534. The van der Waals surface area contributed by atoms with E-state index in [4.69, 9.17) is 4.42 Å². The lowest BCUT2D eigenvalue weighted by Gasteiger charge is -1.89. The molecule has 0 unspecified atom stereocenters. The van der Waals surface area contributed by atoms with E-state index in [0.717, 1.165) is 5.47 Å². The second-order valence-electron chi connectivity index (χ2n) is 2.01. The van der Waals surface area contributed by atoms with Crippen molar-refractivity contribution in [1.82, 2.24) is 4.98 Å². The first kappa shape index (κ1) is 5.53. The summed E-state index contributed by atoms with van der Waals surface area (Å²) in [4.78, 5) is 3.99. The van der Waals surface area contributed by atoms with E-state index >= 15 is 0 Å². The summed E-state index contributed by atoms with van der Waals surface area (Å²) in [6.45, 7) is 0. The molecule has 1 aliphatic heterocycles. The van der Waals surface area contributed by atoms with Crippen LogP contribution in [0.3, 0.4) is 0 Å². The van der Waals surface area contributed by atoms with Crippen LogP contribution in [0.2, 0.25) is 0 Å². The highest BCUT2D eigenvalue weighted by Crippen LogP contribution is 2.13. The number of rotatable bonds is 1. The first-order valence-electron chi connectivity index (χ1n) is 3.08. The Morgan fingerprint density at radius 2 is 2.50 bits per heavy atom. The van der Waals surface area contributed by atoms with Crippen LogP contribution in [0, 0.1) is 0 Å². The number of hydrogen-bond acceptors (Lipinski definition) is 2. The van der Waals surface area contributed by atoms with E-state index in [2.05, 4.69) is 4.98 Å². The molecule has 0 spiro atoms. The van der Waals surface area contributed by atoms with Crippen molar-refractivity contribution in [3.05, 3.63) is 36.5 Å². The molecule has 10 heavy (non-hydrogen) atoms. The van der Waals surface area contributed by atoms with Crippen LogP contribution in [0.25, 0.3) is 5.47 Å². The monoisotopic (exact) mass is 130 g/mol. The molecule has 0 N–H and O–H groups in total. The molecule has 0 aliphatic carbocycles. The van der Waals surface area contributed by atoms with Crippen molar-refractivity contribution >= 4 is 12.8 Å². The number of nitrogens with zero attached hydrogens (tertiary/aromatic N) is 1. The summed E-state index contributed by atoms with van der Waals surface area (Å²) in [7, 11) is 1.96. The standard InChI is InChI=1S/C7H5BNO/c1-2-6(8-3-1)7-9-4-5-10-7/h1-5H. The van der Waals surface area contributed by atoms with Gasteiger partial charge in [0.1, 0.15) is 6.26 Å². The minimum atomic E-state index is 0.685. The Kier molecular flexibility index (Phi) is 1.20. The highest BCUT2D eigenvalue weighted by Gasteiger charge is 2.06. The molecular formula is C7H5BNO. The van der Waals surface area contributed by atoms with Crippen LogP contribution in [0.1, 0.15) is 5.89 Å². The average Bonchev–Trinajstić information content (AvgIpc) is 2.59. The van der Waals surface area contributed by atoms with Crippen molar-refractivity contribution < 1.29 is 4.42 Å². The van der Waals surface area contributed by atoms with Crippen LogP contribution in [0.4, 0.5) is 0 Å². The molecule has 0 saturated heterocycles. The SMILES string of the molecule is [B]1C=CC=C1c1ncco1. The van der Waals surface area contributed by atoms with Crippen molar-refractivity contribution in [1.29, 1.82) is 0 Å². The van der Waals surface area contributed by atoms with Crippen molar-refractivity contribution in [2.45, 2.75) is 0 Å². The summed E-state index contributed by atoms with van der Waals surface area (Å²) in [6.07, 6.45) is 7.13. The minimum absolute atomic E-state index is 0.685. The van der Waals surface area contributed by atoms with E-state index in [1.807, 2.05) is 25.4 Å². The Morgan fingerprint density at radius 3 is 3.10 bits per heavy atom. The van der Waals surface area contributed by atoms with Crippen LogP contribution in [0.15, 0.2) is 35.0 Å². The van der Waals surface area contributed by atoms with Crippen molar-refractivity contribution in [2.24, 2.45) is 0 Å². The van der Waals surface area contributed by atoms with Gasteiger partial charge >= 0.3 is 0 Å². The van der Waals surface area contributed by atoms with Gasteiger partial charge in [-0.2, -0.15) is 0 Å². The summed E-state index contributed by atoms with van der Waals surface area (Å²) < 4.78 is 5.07. The number of aromatic nitrogens is 1. The first-order valence-corrected chi connectivity index (χ1v) is 3.08. The Labute approximate surface area is 59.5 Å². The van der Waals surface area contributed by atoms with E-state index in [1.54, 1.807) is 12.5 Å². The Hall–Kier alpha value is -1.25.